The number of esters is 1. The molecule has 0 saturated heterocycles. The summed E-state index contributed by atoms with van der Waals surface area (Å²) in [6.45, 7) is 0. The van der Waals surface area contributed by atoms with Crippen LogP contribution in [0, 0.1) is 0 Å². The van der Waals surface area contributed by atoms with Crippen LogP contribution in [0.15, 0.2) is 24.4 Å². The number of ether oxygens (including phenoxy) is 1. The lowest BCUT2D eigenvalue weighted by atomic mass is 10.1. The number of aromatic hydroxyl groups is 1. The number of nitrogens with one attached hydrogen (secondary N) is 1. The summed E-state index contributed by atoms with van der Waals surface area (Å²) in [5.41, 5.74) is 0.102. The van der Waals surface area contributed by atoms with Crippen molar-refractivity contribution in [3.63, 3.8) is 0 Å². The molecule has 11 heteroatoms. The Morgan fingerprint density at radius 3 is 2.68 bits per heavy atom. The topological polar surface area (TPSA) is 119 Å². The molecule has 0 aliphatic rings. The van der Waals surface area contributed by atoms with Crippen molar-refractivity contribution in [1.82, 2.24) is 19.6 Å². The first-order valence-corrected chi connectivity index (χ1v) is 7.45. The minimum Gasteiger partial charge on any atom is -0.493 e. The van der Waals surface area contributed by atoms with E-state index in [1.807, 2.05) is 0 Å². The van der Waals surface area contributed by atoms with E-state index in [1.165, 1.54) is 36.0 Å². The highest BCUT2D eigenvalue weighted by atomic mass is 35.5. The van der Waals surface area contributed by atoms with Crippen molar-refractivity contribution in [1.29, 1.82) is 0 Å². The van der Waals surface area contributed by atoms with Gasteiger partial charge in [-0.1, -0.05) is 23.2 Å². The van der Waals surface area contributed by atoms with Gasteiger partial charge in [0.05, 0.1) is 28.4 Å². The quantitative estimate of drug-likeness (QED) is 0.667. The second kappa shape index (κ2) is 6.54. The zero-order valence-corrected chi connectivity index (χ0v) is 14.0. The fraction of sp³-hybridized carbons (Fsp3) is 0.0714. The summed E-state index contributed by atoms with van der Waals surface area (Å²) < 4.78 is 5.87. The first-order valence-electron chi connectivity index (χ1n) is 6.70. The average molecular weight is 382 g/mol. The molecule has 1 aromatic carbocycles. The summed E-state index contributed by atoms with van der Waals surface area (Å²) in [6, 6.07) is 3.88. The summed E-state index contributed by atoms with van der Waals surface area (Å²) in [5, 5.41) is 16.0. The van der Waals surface area contributed by atoms with Crippen LogP contribution in [0.3, 0.4) is 0 Å². The highest BCUT2D eigenvalue weighted by molar-refractivity contribution is 6.42. The first-order chi connectivity index (χ1) is 11.9. The maximum absolute atomic E-state index is 12.4. The molecule has 0 atom stereocenters. The predicted molar refractivity (Wildman–Crippen MR) is 88.2 cm³/mol. The van der Waals surface area contributed by atoms with Crippen LogP contribution in [-0.4, -0.2) is 43.7 Å². The van der Waals surface area contributed by atoms with Crippen molar-refractivity contribution in [2.45, 2.75) is 0 Å². The van der Waals surface area contributed by atoms with Crippen LogP contribution < -0.4 is 5.32 Å². The lowest BCUT2D eigenvalue weighted by molar-refractivity contribution is 0.0602. The lowest BCUT2D eigenvalue weighted by Crippen LogP contribution is -2.17. The second-order valence-corrected chi connectivity index (χ2v) is 5.54. The van der Waals surface area contributed by atoms with Gasteiger partial charge in [-0.05, 0) is 12.1 Å². The van der Waals surface area contributed by atoms with Crippen LogP contribution in [0.25, 0.3) is 5.78 Å². The molecular weight excluding hydrogens is 373 g/mol. The molecule has 0 bridgehead atoms. The number of benzene rings is 1. The maximum Gasteiger partial charge on any atom is 0.340 e. The molecule has 3 aromatic rings. The molecule has 25 heavy (non-hydrogen) atoms. The van der Waals surface area contributed by atoms with Crippen LogP contribution in [-0.2, 0) is 4.74 Å². The van der Waals surface area contributed by atoms with Gasteiger partial charge in [-0.3, -0.25) is 4.79 Å². The fourth-order valence-corrected chi connectivity index (χ4v) is 2.30. The van der Waals surface area contributed by atoms with Gasteiger partial charge in [-0.2, -0.15) is 9.97 Å². The van der Waals surface area contributed by atoms with E-state index in [9.17, 15) is 14.7 Å². The van der Waals surface area contributed by atoms with Gasteiger partial charge in [0.15, 0.2) is 0 Å². The van der Waals surface area contributed by atoms with Gasteiger partial charge in [0.1, 0.15) is 0 Å². The van der Waals surface area contributed by atoms with Gasteiger partial charge in [-0.15, -0.1) is 5.10 Å². The zero-order chi connectivity index (χ0) is 18.1. The number of halogens is 2. The number of rotatable bonds is 3. The van der Waals surface area contributed by atoms with E-state index in [-0.39, 0.29) is 38.8 Å². The van der Waals surface area contributed by atoms with Crippen LogP contribution in [0.2, 0.25) is 10.0 Å². The van der Waals surface area contributed by atoms with E-state index in [4.69, 9.17) is 23.2 Å². The van der Waals surface area contributed by atoms with E-state index >= 15 is 0 Å². The first kappa shape index (κ1) is 16.9. The van der Waals surface area contributed by atoms with Gasteiger partial charge < -0.3 is 15.2 Å². The van der Waals surface area contributed by atoms with Crippen molar-refractivity contribution >= 4 is 46.5 Å². The normalized spacial score (nSPS) is 10.7. The molecule has 1 amide bonds. The van der Waals surface area contributed by atoms with Crippen LogP contribution >= 0.6 is 23.2 Å². The largest absolute Gasteiger partial charge is 0.493 e. The molecule has 0 aliphatic heterocycles. The number of nitrogens with zero attached hydrogens (tertiary/aromatic N) is 4. The average Bonchev–Trinajstić information content (AvgIpc) is 3.00. The summed E-state index contributed by atoms with van der Waals surface area (Å²) >= 11 is 11.8. The van der Waals surface area contributed by atoms with Gasteiger partial charge in [0, 0.05) is 12.3 Å². The number of anilines is 1. The molecule has 2 N–H and O–H groups in total. The number of methoxy groups -OCH3 is 1. The third kappa shape index (κ3) is 3.32. The Bertz CT molecular complexity index is 1000. The molecule has 0 aliphatic carbocycles. The lowest BCUT2D eigenvalue weighted by Gasteiger charge is -2.10. The number of carbonyl (C=O) groups is 2. The minimum atomic E-state index is -0.714. The Balaban J connectivity index is 1.96. The number of carbonyl (C=O) groups excluding carboxylic acids is 2. The van der Waals surface area contributed by atoms with Gasteiger partial charge in [0.2, 0.25) is 11.7 Å². The molecule has 2 heterocycles. The van der Waals surface area contributed by atoms with Gasteiger partial charge in [0.25, 0.3) is 11.7 Å². The standard InChI is InChI=1S/C14H9Cl2N5O4/c1-25-13(24)6-4-7(15)8(16)5-9(6)17-12(23)11-19-14-18-10(22)2-3-21(14)20-11/h2-5H,1H3,(H,17,23)(H,18,19,20,22). The molecule has 0 spiro atoms. The van der Waals surface area contributed by atoms with Gasteiger partial charge >= 0.3 is 5.97 Å². The summed E-state index contributed by atoms with van der Waals surface area (Å²) in [6.07, 6.45) is 1.39. The van der Waals surface area contributed by atoms with Crippen molar-refractivity contribution < 1.29 is 19.4 Å². The Kier molecular flexibility index (Phi) is 4.43. The molecule has 0 unspecified atom stereocenters. The van der Waals surface area contributed by atoms with Crippen molar-refractivity contribution in [2.75, 3.05) is 12.4 Å². The predicted octanol–water partition coefficient (Wildman–Crippen LogP) is 2.18. The van der Waals surface area contributed by atoms with Crippen LogP contribution in [0.1, 0.15) is 21.0 Å². The molecule has 128 valence electrons. The van der Waals surface area contributed by atoms with E-state index in [0.717, 1.165) is 0 Å². The van der Waals surface area contributed by atoms with Crippen molar-refractivity contribution in [2.24, 2.45) is 0 Å². The number of fused-ring (bicyclic) bond motifs is 1. The third-order valence-electron chi connectivity index (χ3n) is 3.11. The highest BCUT2D eigenvalue weighted by Crippen LogP contribution is 2.29. The van der Waals surface area contributed by atoms with Crippen LogP contribution in [0.5, 0.6) is 5.88 Å². The fourth-order valence-electron chi connectivity index (χ4n) is 1.97. The monoisotopic (exact) mass is 381 g/mol. The Morgan fingerprint density at radius 1 is 1.24 bits per heavy atom. The smallest absolute Gasteiger partial charge is 0.340 e. The number of hydrogen-bond donors (Lipinski definition) is 2. The molecule has 0 fully saturated rings. The number of amides is 1. The Hall–Kier alpha value is -2.91. The Labute approximate surface area is 150 Å². The van der Waals surface area contributed by atoms with Crippen LogP contribution in [0.4, 0.5) is 5.69 Å². The molecule has 2 aromatic heterocycles. The number of hydrogen-bond acceptors (Lipinski definition) is 7. The zero-order valence-electron chi connectivity index (χ0n) is 12.5. The molecule has 9 nitrogen and oxygen atoms in total. The van der Waals surface area contributed by atoms with Crippen molar-refractivity contribution in [3.8, 4) is 5.88 Å². The highest BCUT2D eigenvalue weighted by Gasteiger charge is 2.20. The van der Waals surface area contributed by atoms with E-state index in [1.54, 1.807) is 0 Å². The SMILES string of the molecule is COC(=O)c1cc(Cl)c(Cl)cc1NC(=O)c1nc2nc(O)ccn2n1. The summed E-state index contributed by atoms with van der Waals surface area (Å²) in [4.78, 5) is 31.8. The molecule has 0 radical (unpaired) electrons. The number of aromatic nitrogens is 4. The van der Waals surface area contributed by atoms with E-state index < -0.39 is 11.9 Å². The molecular formula is C14H9Cl2N5O4. The van der Waals surface area contributed by atoms with E-state index in [2.05, 4.69) is 25.1 Å². The summed E-state index contributed by atoms with van der Waals surface area (Å²) in [5.74, 6) is -1.87. The molecule has 3 rings (SSSR count). The summed E-state index contributed by atoms with van der Waals surface area (Å²) in [7, 11) is 1.19. The van der Waals surface area contributed by atoms with E-state index in [0.29, 0.717) is 0 Å². The third-order valence-corrected chi connectivity index (χ3v) is 3.83. The Morgan fingerprint density at radius 2 is 1.96 bits per heavy atom. The maximum atomic E-state index is 12.4. The minimum absolute atomic E-state index is 0.0183. The second-order valence-electron chi connectivity index (χ2n) is 4.72. The van der Waals surface area contributed by atoms with Crippen molar-refractivity contribution in [3.05, 3.63) is 45.8 Å². The molecule has 0 saturated carbocycles. The van der Waals surface area contributed by atoms with Gasteiger partial charge in [-0.25, -0.2) is 9.31 Å².